The number of ether oxygens (including phenoxy) is 1. The Bertz CT molecular complexity index is 575. The number of rotatable bonds is 3. The third-order valence-corrected chi connectivity index (χ3v) is 5.23. The van der Waals surface area contributed by atoms with Crippen LogP contribution in [0.3, 0.4) is 0 Å². The van der Waals surface area contributed by atoms with E-state index in [1.54, 1.807) is 18.2 Å². The molecule has 3 atom stereocenters. The maximum atomic E-state index is 13.6. The monoisotopic (exact) mass is 292 g/mol. The summed E-state index contributed by atoms with van der Waals surface area (Å²) in [6.45, 7) is 4.72. The van der Waals surface area contributed by atoms with E-state index in [0.717, 1.165) is 6.42 Å². The van der Waals surface area contributed by atoms with Crippen molar-refractivity contribution in [3.8, 4) is 0 Å². The average molecular weight is 292 g/mol. The Morgan fingerprint density at radius 2 is 2.19 bits per heavy atom. The molecule has 21 heavy (non-hydrogen) atoms. The fraction of sp³-hybridized carbons (Fsp3) is 0.562. The van der Waals surface area contributed by atoms with Gasteiger partial charge in [0.2, 0.25) is 5.91 Å². The van der Waals surface area contributed by atoms with Crippen molar-refractivity contribution in [2.75, 3.05) is 6.61 Å². The molecule has 1 aromatic carbocycles. The molecule has 2 aliphatic rings. The van der Waals surface area contributed by atoms with Crippen LogP contribution in [0.15, 0.2) is 24.3 Å². The van der Waals surface area contributed by atoms with Crippen LogP contribution in [0.25, 0.3) is 0 Å². The molecular formula is C16H21FN2O2. The van der Waals surface area contributed by atoms with Crippen LogP contribution in [-0.2, 0) is 16.1 Å². The number of hydrogen-bond acceptors (Lipinski definition) is 3. The van der Waals surface area contributed by atoms with Crippen molar-refractivity contribution in [2.24, 2.45) is 17.1 Å². The molecule has 3 rings (SSSR count). The number of amides is 1. The van der Waals surface area contributed by atoms with Gasteiger partial charge in [0, 0.05) is 30.0 Å². The van der Waals surface area contributed by atoms with E-state index in [9.17, 15) is 9.18 Å². The molecular weight excluding hydrogens is 271 g/mol. The van der Waals surface area contributed by atoms with Crippen molar-refractivity contribution in [1.82, 2.24) is 5.32 Å². The molecule has 0 aromatic heterocycles. The predicted molar refractivity (Wildman–Crippen MR) is 76.8 cm³/mol. The largest absolute Gasteiger partial charge is 0.377 e. The highest BCUT2D eigenvalue weighted by Gasteiger charge is 2.71. The Morgan fingerprint density at radius 3 is 2.90 bits per heavy atom. The van der Waals surface area contributed by atoms with Crippen LogP contribution in [0.2, 0.25) is 0 Å². The van der Waals surface area contributed by atoms with Crippen LogP contribution < -0.4 is 11.1 Å². The van der Waals surface area contributed by atoms with Gasteiger partial charge in [0.05, 0.1) is 6.10 Å². The third kappa shape index (κ3) is 1.91. The van der Waals surface area contributed by atoms with Crippen molar-refractivity contribution >= 4 is 5.91 Å². The average Bonchev–Trinajstić information content (AvgIpc) is 2.93. The highest BCUT2D eigenvalue weighted by Crippen LogP contribution is 2.58. The zero-order valence-corrected chi connectivity index (χ0v) is 12.4. The van der Waals surface area contributed by atoms with Gasteiger partial charge < -0.3 is 15.8 Å². The first kappa shape index (κ1) is 14.5. The molecule has 5 heteroatoms. The molecule has 2 fully saturated rings. The summed E-state index contributed by atoms with van der Waals surface area (Å²) in [5.41, 5.74) is 5.54. The Labute approximate surface area is 123 Å². The van der Waals surface area contributed by atoms with E-state index in [-0.39, 0.29) is 30.3 Å². The molecule has 0 radical (unpaired) electrons. The lowest BCUT2D eigenvalue weighted by Crippen LogP contribution is -2.80. The molecule has 1 heterocycles. The van der Waals surface area contributed by atoms with Gasteiger partial charge in [0.1, 0.15) is 11.4 Å². The summed E-state index contributed by atoms with van der Waals surface area (Å²) in [5, 5.41) is 2.79. The second kappa shape index (κ2) is 4.78. The number of carbonyl (C=O) groups is 1. The van der Waals surface area contributed by atoms with Gasteiger partial charge in [-0.15, -0.1) is 0 Å². The quantitative estimate of drug-likeness (QED) is 0.889. The summed E-state index contributed by atoms with van der Waals surface area (Å²) in [6, 6.07) is 6.41. The van der Waals surface area contributed by atoms with E-state index in [0.29, 0.717) is 12.2 Å². The molecule has 3 unspecified atom stereocenters. The van der Waals surface area contributed by atoms with E-state index in [4.69, 9.17) is 10.5 Å². The van der Waals surface area contributed by atoms with E-state index in [1.807, 2.05) is 13.8 Å². The van der Waals surface area contributed by atoms with Crippen molar-refractivity contribution in [3.63, 3.8) is 0 Å². The number of nitrogens with two attached hydrogens (primary N) is 1. The zero-order chi connectivity index (χ0) is 15.3. The SMILES string of the molecule is CC1(C)C2OCCC2C1(N)C(=O)NCc1ccccc1F. The molecule has 1 saturated heterocycles. The molecule has 1 aliphatic carbocycles. The van der Waals surface area contributed by atoms with Gasteiger partial charge >= 0.3 is 0 Å². The molecule has 1 saturated carbocycles. The number of carbonyl (C=O) groups excluding carboxylic acids is 1. The van der Waals surface area contributed by atoms with Crippen LogP contribution in [0.4, 0.5) is 4.39 Å². The van der Waals surface area contributed by atoms with Crippen LogP contribution in [0, 0.1) is 17.2 Å². The minimum atomic E-state index is -0.945. The molecule has 1 amide bonds. The lowest BCUT2D eigenvalue weighted by atomic mass is 9.48. The standard InChI is InChI=1S/C16H21FN2O2/c1-15(2)13-11(7-8-21-13)16(15,18)14(20)19-9-10-5-3-4-6-12(10)17/h3-6,11,13H,7-9,18H2,1-2H3,(H,19,20). The highest BCUT2D eigenvalue weighted by atomic mass is 19.1. The fourth-order valence-corrected chi connectivity index (χ4v) is 3.81. The number of benzene rings is 1. The predicted octanol–water partition coefficient (Wildman–Crippen LogP) is 1.58. The minimum absolute atomic E-state index is 0.0433. The van der Waals surface area contributed by atoms with Gasteiger partial charge in [0.25, 0.3) is 0 Å². The first-order valence-electron chi connectivity index (χ1n) is 7.31. The molecule has 114 valence electrons. The number of fused-ring (bicyclic) bond motifs is 1. The van der Waals surface area contributed by atoms with Gasteiger partial charge in [-0.1, -0.05) is 32.0 Å². The minimum Gasteiger partial charge on any atom is -0.377 e. The van der Waals surface area contributed by atoms with Gasteiger partial charge in [-0.05, 0) is 12.5 Å². The second-order valence-corrected chi connectivity index (χ2v) is 6.55. The van der Waals surface area contributed by atoms with E-state index in [1.165, 1.54) is 6.07 Å². The van der Waals surface area contributed by atoms with Crippen molar-refractivity contribution < 1.29 is 13.9 Å². The fourth-order valence-electron chi connectivity index (χ4n) is 3.81. The third-order valence-electron chi connectivity index (χ3n) is 5.23. The van der Waals surface area contributed by atoms with Crippen LogP contribution >= 0.6 is 0 Å². The summed E-state index contributed by atoms with van der Waals surface area (Å²) in [7, 11) is 0. The van der Waals surface area contributed by atoms with Gasteiger partial charge in [-0.3, -0.25) is 4.79 Å². The van der Waals surface area contributed by atoms with E-state index in [2.05, 4.69) is 5.32 Å². The first-order chi connectivity index (χ1) is 9.89. The highest BCUT2D eigenvalue weighted by molar-refractivity contribution is 5.89. The second-order valence-electron chi connectivity index (χ2n) is 6.55. The molecule has 1 aliphatic heterocycles. The first-order valence-corrected chi connectivity index (χ1v) is 7.31. The van der Waals surface area contributed by atoms with Crippen LogP contribution in [0.5, 0.6) is 0 Å². The topological polar surface area (TPSA) is 64.3 Å². The summed E-state index contributed by atoms with van der Waals surface area (Å²) in [4.78, 5) is 12.6. The Kier molecular flexibility index (Phi) is 3.30. The summed E-state index contributed by atoms with van der Waals surface area (Å²) in [6.07, 6.45) is 0.847. The molecule has 1 aromatic rings. The Balaban J connectivity index is 1.72. The molecule has 0 bridgehead atoms. The zero-order valence-electron chi connectivity index (χ0n) is 12.4. The Morgan fingerprint density at radius 1 is 1.48 bits per heavy atom. The van der Waals surface area contributed by atoms with Crippen molar-refractivity contribution in [2.45, 2.75) is 38.5 Å². The van der Waals surface area contributed by atoms with Crippen LogP contribution in [-0.4, -0.2) is 24.2 Å². The molecule has 3 N–H and O–H groups in total. The van der Waals surface area contributed by atoms with Crippen molar-refractivity contribution in [1.29, 1.82) is 0 Å². The van der Waals surface area contributed by atoms with Gasteiger partial charge in [-0.25, -0.2) is 4.39 Å². The Hall–Kier alpha value is -1.46. The summed E-state index contributed by atoms with van der Waals surface area (Å²) < 4.78 is 19.3. The number of hydrogen-bond donors (Lipinski definition) is 2. The van der Waals surface area contributed by atoms with Gasteiger partial charge in [0.15, 0.2) is 0 Å². The smallest absolute Gasteiger partial charge is 0.241 e. The number of halogens is 1. The van der Waals surface area contributed by atoms with Crippen LogP contribution in [0.1, 0.15) is 25.8 Å². The molecule has 4 nitrogen and oxygen atoms in total. The lowest BCUT2D eigenvalue weighted by Gasteiger charge is -2.60. The summed E-state index contributed by atoms with van der Waals surface area (Å²) in [5.74, 6) is -0.491. The maximum Gasteiger partial charge on any atom is 0.241 e. The van der Waals surface area contributed by atoms with E-state index < -0.39 is 11.0 Å². The van der Waals surface area contributed by atoms with E-state index >= 15 is 0 Å². The van der Waals surface area contributed by atoms with Gasteiger partial charge in [-0.2, -0.15) is 0 Å². The molecule has 0 spiro atoms. The summed E-state index contributed by atoms with van der Waals surface area (Å²) >= 11 is 0. The normalized spacial score (nSPS) is 33.1. The number of nitrogens with one attached hydrogen (secondary N) is 1. The maximum absolute atomic E-state index is 13.6. The van der Waals surface area contributed by atoms with Crippen molar-refractivity contribution in [3.05, 3.63) is 35.6 Å². The lowest BCUT2D eigenvalue weighted by molar-refractivity contribution is -0.175.